The zero-order valence-corrected chi connectivity index (χ0v) is 14.5. The van der Waals surface area contributed by atoms with Crippen molar-refractivity contribution in [2.45, 2.75) is 32.1 Å². The first-order valence-electron chi connectivity index (χ1n) is 8.91. The molecule has 1 saturated heterocycles. The van der Waals surface area contributed by atoms with Crippen molar-refractivity contribution in [2.24, 2.45) is 5.41 Å². The molecule has 2 aliphatic heterocycles. The monoisotopic (exact) mass is 338 g/mol. The Labute approximate surface area is 147 Å². The van der Waals surface area contributed by atoms with Crippen LogP contribution in [0.5, 0.6) is 0 Å². The van der Waals surface area contributed by atoms with E-state index in [9.17, 15) is 14.4 Å². The molecule has 2 heterocycles. The molecule has 5 nitrogen and oxygen atoms in total. The van der Waals surface area contributed by atoms with E-state index in [-0.39, 0.29) is 23.1 Å². The van der Waals surface area contributed by atoms with Crippen LogP contribution in [0.1, 0.15) is 63.2 Å². The van der Waals surface area contributed by atoms with E-state index >= 15 is 0 Å². The highest BCUT2D eigenvalue weighted by Gasteiger charge is 2.38. The predicted molar refractivity (Wildman–Crippen MR) is 93.4 cm³/mol. The summed E-state index contributed by atoms with van der Waals surface area (Å²) in [4.78, 5) is 40.2. The van der Waals surface area contributed by atoms with Gasteiger partial charge in [-0.15, -0.1) is 0 Å². The summed E-state index contributed by atoms with van der Waals surface area (Å²) < 4.78 is 0. The molecule has 0 unspecified atom stereocenters. The molecule has 0 bridgehead atoms. The van der Waals surface area contributed by atoms with E-state index in [2.05, 4.69) is 12.2 Å². The quantitative estimate of drug-likeness (QED) is 0.584. The van der Waals surface area contributed by atoms with Gasteiger partial charge in [-0.1, -0.05) is 12.2 Å². The van der Waals surface area contributed by atoms with Crippen molar-refractivity contribution in [3.8, 4) is 0 Å². The number of amides is 3. The normalized spacial score (nSPS) is 25.6. The predicted octanol–water partition coefficient (Wildman–Crippen LogP) is 2.87. The second-order valence-electron chi connectivity index (χ2n) is 7.47. The Morgan fingerprint density at radius 2 is 1.88 bits per heavy atom. The van der Waals surface area contributed by atoms with Crippen LogP contribution in [-0.4, -0.2) is 47.7 Å². The number of carbonyl (C=O) groups excluding carboxylic acids is 3. The van der Waals surface area contributed by atoms with Crippen molar-refractivity contribution >= 4 is 17.7 Å². The van der Waals surface area contributed by atoms with Crippen LogP contribution in [0.2, 0.25) is 0 Å². The van der Waals surface area contributed by atoms with Crippen molar-refractivity contribution in [3.63, 3.8) is 0 Å². The minimum atomic E-state index is -0.331. The summed E-state index contributed by atoms with van der Waals surface area (Å²) in [5.74, 6) is -0.668. The van der Waals surface area contributed by atoms with Gasteiger partial charge in [0, 0.05) is 25.7 Å². The molecule has 5 heteroatoms. The summed E-state index contributed by atoms with van der Waals surface area (Å²) >= 11 is 0. The minimum absolute atomic E-state index is 0.0359. The summed E-state index contributed by atoms with van der Waals surface area (Å²) in [6.07, 6.45) is 9.92. The zero-order chi connectivity index (χ0) is 17.6. The van der Waals surface area contributed by atoms with Crippen LogP contribution in [0, 0.1) is 5.41 Å². The van der Waals surface area contributed by atoms with Crippen LogP contribution in [0.15, 0.2) is 30.4 Å². The fourth-order valence-corrected chi connectivity index (χ4v) is 4.37. The highest BCUT2D eigenvalue weighted by Crippen LogP contribution is 2.41. The third kappa shape index (κ3) is 2.58. The van der Waals surface area contributed by atoms with E-state index < -0.39 is 0 Å². The fourth-order valence-electron chi connectivity index (χ4n) is 4.37. The molecule has 1 fully saturated rings. The first-order valence-corrected chi connectivity index (χ1v) is 8.91. The summed E-state index contributed by atoms with van der Waals surface area (Å²) in [7, 11) is 1.47. The maximum absolute atomic E-state index is 13.0. The van der Waals surface area contributed by atoms with E-state index in [1.807, 2.05) is 4.90 Å². The van der Waals surface area contributed by atoms with Crippen molar-refractivity contribution in [3.05, 3.63) is 47.0 Å². The maximum Gasteiger partial charge on any atom is 0.261 e. The molecule has 3 amide bonds. The van der Waals surface area contributed by atoms with Gasteiger partial charge < -0.3 is 4.90 Å². The highest BCUT2D eigenvalue weighted by molar-refractivity contribution is 6.21. The summed E-state index contributed by atoms with van der Waals surface area (Å²) in [5, 5.41) is 0. The molecule has 0 N–H and O–H groups in total. The van der Waals surface area contributed by atoms with Crippen molar-refractivity contribution in [1.29, 1.82) is 0 Å². The molecule has 25 heavy (non-hydrogen) atoms. The molecule has 1 spiro atoms. The smallest absolute Gasteiger partial charge is 0.261 e. The SMILES string of the molecule is CN1C(=O)c2ccc(C(=O)N3CCC[C@@]4(CC=CCC4)C3)cc2C1=O. The van der Waals surface area contributed by atoms with E-state index in [1.165, 1.54) is 13.5 Å². The summed E-state index contributed by atoms with van der Waals surface area (Å²) in [6, 6.07) is 4.87. The number of likely N-dealkylation sites (tertiary alicyclic amines) is 1. The average Bonchev–Trinajstić information content (AvgIpc) is 2.86. The molecule has 130 valence electrons. The second-order valence-corrected chi connectivity index (χ2v) is 7.47. The first kappa shape index (κ1) is 16.1. The minimum Gasteiger partial charge on any atom is -0.338 e. The highest BCUT2D eigenvalue weighted by atomic mass is 16.2. The van der Waals surface area contributed by atoms with Gasteiger partial charge in [-0.3, -0.25) is 19.3 Å². The lowest BCUT2D eigenvalue weighted by Gasteiger charge is -2.44. The van der Waals surface area contributed by atoms with Gasteiger partial charge in [0.25, 0.3) is 17.7 Å². The summed E-state index contributed by atoms with van der Waals surface area (Å²) in [5.41, 5.74) is 1.44. The van der Waals surface area contributed by atoms with E-state index in [1.54, 1.807) is 18.2 Å². The van der Waals surface area contributed by atoms with Crippen molar-refractivity contribution in [2.75, 3.05) is 20.1 Å². The molecule has 1 aliphatic carbocycles. The number of imide groups is 1. The number of piperidine rings is 1. The Balaban J connectivity index is 1.58. The number of allylic oxidation sites excluding steroid dienone is 2. The van der Waals surface area contributed by atoms with Gasteiger partial charge in [0.2, 0.25) is 0 Å². The Hall–Kier alpha value is -2.43. The van der Waals surface area contributed by atoms with Gasteiger partial charge in [-0.2, -0.15) is 0 Å². The number of hydrogen-bond acceptors (Lipinski definition) is 3. The topological polar surface area (TPSA) is 57.7 Å². The van der Waals surface area contributed by atoms with Crippen LogP contribution < -0.4 is 0 Å². The zero-order valence-electron chi connectivity index (χ0n) is 14.5. The number of rotatable bonds is 1. The van der Waals surface area contributed by atoms with Gasteiger partial charge in [0.15, 0.2) is 0 Å². The van der Waals surface area contributed by atoms with E-state index in [4.69, 9.17) is 0 Å². The average molecular weight is 338 g/mol. The largest absolute Gasteiger partial charge is 0.338 e. The van der Waals surface area contributed by atoms with Crippen LogP contribution in [0.4, 0.5) is 0 Å². The van der Waals surface area contributed by atoms with Crippen LogP contribution in [-0.2, 0) is 0 Å². The number of fused-ring (bicyclic) bond motifs is 1. The molecular formula is C20H22N2O3. The molecule has 4 rings (SSSR count). The Morgan fingerprint density at radius 3 is 2.64 bits per heavy atom. The third-order valence-electron chi connectivity index (χ3n) is 5.84. The molecule has 1 atom stereocenters. The van der Waals surface area contributed by atoms with Gasteiger partial charge in [0.1, 0.15) is 0 Å². The lowest BCUT2D eigenvalue weighted by Crippen LogP contribution is -2.46. The lowest BCUT2D eigenvalue weighted by molar-refractivity contribution is 0.0484. The number of benzene rings is 1. The molecule has 0 radical (unpaired) electrons. The third-order valence-corrected chi connectivity index (χ3v) is 5.84. The van der Waals surface area contributed by atoms with Crippen LogP contribution >= 0.6 is 0 Å². The van der Waals surface area contributed by atoms with Gasteiger partial charge in [-0.05, 0) is 55.7 Å². The number of carbonyl (C=O) groups is 3. The second kappa shape index (κ2) is 5.83. The van der Waals surface area contributed by atoms with Gasteiger partial charge >= 0.3 is 0 Å². The first-order chi connectivity index (χ1) is 12.0. The van der Waals surface area contributed by atoms with Crippen LogP contribution in [0.3, 0.4) is 0 Å². The van der Waals surface area contributed by atoms with E-state index in [0.717, 1.165) is 43.7 Å². The number of hydrogen-bond donors (Lipinski definition) is 0. The fraction of sp³-hybridized carbons (Fsp3) is 0.450. The Morgan fingerprint density at radius 1 is 1.08 bits per heavy atom. The molecule has 0 aromatic heterocycles. The molecule has 3 aliphatic rings. The van der Waals surface area contributed by atoms with Gasteiger partial charge in [0.05, 0.1) is 11.1 Å². The van der Waals surface area contributed by atoms with Gasteiger partial charge in [-0.25, -0.2) is 0 Å². The lowest BCUT2D eigenvalue weighted by atomic mass is 9.71. The summed E-state index contributed by atoms with van der Waals surface area (Å²) in [6.45, 7) is 1.54. The molecule has 0 saturated carbocycles. The molecular weight excluding hydrogens is 316 g/mol. The Bertz CT molecular complexity index is 798. The standard InChI is InChI=1S/C20H22N2O3/c1-21-18(24)15-7-6-14(12-16(15)19(21)25)17(23)22-11-5-10-20(13-22)8-3-2-4-9-20/h2-3,6-7,12H,4-5,8-11,13H2,1H3/t20-/m0/s1. The van der Waals surface area contributed by atoms with E-state index in [0.29, 0.717) is 16.7 Å². The van der Waals surface area contributed by atoms with Crippen molar-refractivity contribution < 1.29 is 14.4 Å². The maximum atomic E-state index is 13.0. The molecule has 1 aromatic carbocycles. The van der Waals surface area contributed by atoms with Crippen LogP contribution in [0.25, 0.3) is 0 Å². The Kier molecular flexibility index (Phi) is 3.74. The van der Waals surface area contributed by atoms with Crippen molar-refractivity contribution in [1.82, 2.24) is 9.80 Å². The molecule has 1 aromatic rings. The number of nitrogens with zero attached hydrogens (tertiary/aromatic N) is 2.